The average Bonchev–Trinajstić information content (AvgIpc) is 2.99. The van der Waals surface area contributed by atoms with Crippen LogP contribution in [0.25, 0.3) is 0 Å². The van der Waals surface area contributed by atoms with E-state index in [-0.39, 0.29) is 12.2 Å². The van der Waals surface area contributed by atoms with E-state index < -0.39 is 41.2 Å². The molecule has 9 heteroatoms. The SMILES string of the molecule is CCOC(=O)[C@]1(C#N)[C@@H]2C=CC(C(N)=O)=CN2[C@@H](C(N)=O)[C@@H]1c1ccc(Cl)cc1. The maximum Gasteiger partial charge on any atom is 0.329 e. The number of amides is 2. The standard InChI is InChI=1S/C20H19ClN4O4/c1-2-29-19(28)20(10-22)14-8-5-12(17(23)26)9-25(14)16(18(24)27)15(20)11-3-6-13(21)7-4-11/h3-9,14-16H,2H2,1H3,(H2,23,26)(H2,24,27)/t14-,15-,16+,20+/m0/s1. The van der Waals surface area contributed by atoms with Gasteiger partial charge in [0.05, 0.1) is 24.3 Å². The van der Waals surface area contributed by atoms with Gasteiger partial charge in [0.15, 0.2) is 5.41 Å². The van der Waals surface area contributed by atoms with Crippen LogP contribution < -0.4 is 11.5 Å². The van der Waals surface area contributed by atoms with Crippen LogP contribution in [0.3, 0.4) is 0 Å². The molecule has 4 atom stereocenters. The number of carbonyl (C=O) groups excluding carboxylic acids is 3. The van der Waals surface area contributed by atoms with Gasteiger partial charge in [-0.1, -0.05) is 29.8 Å². The second kappa shape index (κ2) is 7.60. The van der Waals surface area contributed by atoms with E-state index in [1.54, 1.807) is 31.2 Å². The van der Waals surface area contributed by atoms with E-state index in [0.29, 0.717) is 10.6 Å². The summed E-state index contributed by atoms with van der Waals surface area (Å²) in [5.74, 6) is -3.20. The first-order chi connectivity index (χ1) is 13.8. The molecule has 0 bridgehead atoms. The molecule has 0 saturated carbocycles. The van der Waals surface area contributed by atoms with Crippen LogP contribution in [0.1, 0.15) is 18.4 Å². The second-order valence-electron chi connectivity index (χ2n) is 6.78. The fourth-order valence-corrected chi connectivity index (χ4v) is 4.20. The van der Waals surface area contributed by atoms with Crippen molar-refractivity contribution in [2.24, 2.45) is 16.9 Å². The van der Waals surface area contributed by atoms with E-state index >= 15 is 0 Å². The van der Waals surface area contributed by atoms with E-state index in [1.807, 2.05) is 0 Å². The zero-order valence-corrected chi connectivity index (χ0v) is 16.3. The van der Waals surface area contributed by atoms with Gasteiger partial charge in [-0.15, -0.1) is 0 Å². The highest BCUT2D eigenvalue weighted by molar-refractivity contribution is 6.30. The Hall–Kier alpha value is -3.31. The van der Waals surface area contributed by atoms with Gasteiger partial charge in [-0.2, -0.15) is 5.26 Å². The molecule has 1 fully saturated rings. The summed E-state index contributed by atoms with van der Waals surface area (Å²) in [6.07, 6.45) is 4.30. The van der Waals surface area contributed by atoms with Crippen LogP contribution in [0, 0.1) is 16.7 Å². The molecule has 150 valence electrons. The molecule has 1 aromatic carbocycles. The largest absolute Gasteiger partial charge is 0.465 e. The number of nitrogens with two attached hydrogens (primary N) is 2. The minimum atomic E-state index is -1.78. The fourth-order valence-electron chi connectivity index (χ4n) is 4.08. The monoisotopic (exact) mass is 414 g/mol. The smallest absolute Gasteiger partial charge is 0.329 e. The molecule has 2 aliphatic rings. The minimum Gasteiger partial charge on any atom is -0.465 e. The van der Waals surface area contributed by atoms with E-state index in [0.717, 1.165) is 0 Å². The molecule has 0 spiro atoms. The molecule has 0 aliphatic carbocycles. The maximum atomic E-state index is 13.1. The van der Waals surface area contributed by atoms with Crippen molar-refractivity contribution in [2.45, 2.75) is 24.9 Å². The van der Waals surface area contributed by atoms with Crippen LogP contribution >= 0.6 is 11.6 Å². The summed E-state index contributed by atoms with van der Waals surface area (Å²) in [6, 6.07) is 6.59. The Labute approximate surface area is 172 Å². The number of halogens is 1. The summed E-state index contributed by atoms with van der Waals surface area (Å²) < 4.78 is 5.23. The first kappa shape index (κ1) is 20.4. The average molecular weight is 415 g/mol. The van der Waals surface area contributed by atoms with Crippen LogP contribution in [0.4, 0.5) is 0 Å². The Morgan fingerprint density at radius 2 is 1.93 bits per heavy atom. The van der Waals surface area contributed by atoms with Gasteiger partial charge in [-0.05, 0) is 30.7 Å². The van der Waals surface area contributed by atoms with Crippen LogP contribution in [0.5, 0.6) is 0 Å². The number of nitrogens with zero attached hydrogens (tertiary/aromatic N) is 2. The molecule has 8 nitrogen and oxygen atoms in total. The van der Waals surface area contributed by atoms with Gasteiger partial charge in [0.2, 0.25) is 11.8 Å². The molecule has 3 rings (SSSR count). The quantitative estimate of drug-likeness (QED) is 0.688. The number of carbonyl (C=O) groups is 3. The van der Waals surface area contributed by atoms with Gasteiger partial charge in [-0.3, -0.25) is 14.4 Å². The van der Waals surface area contributed by atoms with Gasteiger partial charge in [0, 0.05) is 17.1 Å². The Morgan fingerprint density at radius 3 is 2.45 bits per heavy atom. The van der Waals surface area contributed by atoms with Crippen molar-refractivity contribution < 1.29 is 19.1 Å². The number of hydrogen-bond donors (Lipinski definition) is 2. The Balaban J connectivity index is 2.28. The number of nitriles is 1. The molecule has 0 unspecified atom stereocenters. The van der Waals surface area contributed by atoms with Gasteiger partial charge >= 0.3 is 5.97 Å². The first-order valence-corrected chi connectivity index (χ1v) is 9.26. The molecular weight excluding hydrogens is 396 g/mol. The minimum absolute atomic E-state index is 0.0512. The molecule has 1 saturated heterocycles. The molecule has 0 radical (unpaired) electrons. The highest BCUT2D eigenvalue weighted by Crippen LogP contribution is 2.53. The zero-order chi connectivity index (χ0) is 21.3. The third-order valence-electron chi connectivity index (χ3n) is 5.26. The zero-order valence-electron chi connectivity index (χ0n) is 15.5. The maximum absolute atomic E-state index is 13.1. The number of ether oxygens (including phenoxy) is 1. The molecule has 4 N–H and O–H groups in total. The van der Waals surface area contributed by atoms with Crippen LogP contribution in [-0.4, -0.2) is 41.4 Å². The highest BCUT2D eigenvalue weighted by atomic mass is 35.5. The predicted octanol–water partition coefficient (Wildman–Crippen LogP) is 0.974. The lowest BCUT2D eigenvalue weighted by molar-refractivity contribution is -0.153. The normalized spacial score (nSPS) is 27.6. The molecule has 0 aromatic heterocycles. The summed E-state index contributed by atoms with van der Waals surface area (Å²) in [6.45, 7) is 1.68. The summed E-state index contributed by atoms with van der Waals surface area (Å²) in [5, 5.41) is 10.7. The van der Waals surface area contributed by atoms with E-state index in [4.69, 9.17) is 27.8 Å². The first-order valence-electron chi connectivity index (χ1n) is 8.88. The lowest BCUT2D eigenvalue weighted by Crippen LogP contribution is -2.45. The topological polar surface area (TPSA) is 140 Å². The predicted molar refractivity (Wildman–Crippen MR) is 104 cm³/mol. The van der Waals surface area contributed by atoms with Crippen molar-refractivity contribution in [1.82, 2.24) is 4.90 Å². The van der Waals surface area contributed by atoms with Gasteiger partial charge in [-0.25, -0.2) is 0 Å². The van der Waals surface area contributed by atoms with Gasteiger partial charge < -0.3 is 21.1 Å². The van der Waals surface area contributed by atoms with Gasteiger partial charge in [0.25, 0.3) is 0 Å². The van der Waals surface area contributed by atoms with Crippen molar-refractivity contribution in [3.63, 3.8) is 0 Å². The van der Waals surface area contributed by atoms with Crippen LogP contribution in [0.2, 0.25) is 5.02 Å². The molecule has 2 heterocycles. The third kappa shape index (κ3) is 3.13. The van der Waals surface area contributed by atoms with Crippen molar-refractivity contribution in [1.29, 1.82) is 5.26 Å². The molecule has 1 aromatic rings. The number of hydrogen-bond acceptors (Lipinski definition) is 6. The molecule has 29 heavy (non-hydrogen) atoms. The lowest BCUT2D eigenvalue weighted by Gasteiger charge is -2.32. The number of esters is 1. The summed E-state index contributed by atoms with van der Waals surface area (Å²) in [7, 11) is 0. The molecule has 2 amide bonds. The summed E-state index contributed by atoms with van der Waals surface area (Å²) >= 11 is 5.98. The lowest BCUT2D eigenvalue weighted by atomic mass is 9.68. The Kier molecular flexibility index (Phi) is 5.36. The Morgan fingerprint density at radius 1 is 1.28 bits per heavy atom. The second-order valence-corrected chi connectivity index (χ2v) is 7.21. The van der Waals surface area contributed by atoms with Crippen molar-refractivity contribution in [3.8, 4) is 6.07 Å². The molecular formula is C20H19ClN4O4. The number of primary amides is 2. The molecule has 2 aliphatic heterocycles. The summed E-state index contributed by atoms with van der Waals surface area (Å²) in [4.78, 5) is 38.7. The fraction of sp³-hybridized carbons (Fsp3) is 0.300. The third-order valence-corrected chi connectivity index (χ3v) is 5.52. The van der Waals surface area contributed by atoms with Crippen molar-refractivity contribution in [3.05, 3.63) is 58.8 Å². The number of fused-ring (bicyclic) bond motifs is 1. The Bertz CT molecular complexity index is 966. The van der Waals surface area contributed by atoms with Crippen molar-refractivity contribution in [2.75, 3.05) is 6.61 Å². The van der Waals surface area contributed by atoms with E-state index in [1.165, 1.54) is 23.3 Å². The van der Waals surface area contributed by atoms with Crippen molar-refractivity contribution >= 4 is 29.4 Å². The van der Waals surface area contributed by atoms with E-state index in [2.05, 4.69) is 6.07 Å². The highest BCUT2D eigenvalue weighted by Gasteiger charge is 2.66. The van der Waals surface area contributed by atoms with Crippen LogP contribution in [-0.2, 0) is 19.1 Å². The van der Waals surface area contributed by atoms with E-state index in [9.17, 15) is 19.6 Å². The number of benzene rings is 1. The summed E-state index contributed by atoms with van der Waals surface area (Å²) in [5.41, 5.74) is 9.93. The van der Waals surface area contributed by atoms with Gasteiger partial charge in [0.1, 0.15) is 6.04 Å². The number of rotatable bonds is 5. The van der Waals surface area contributed by atoms with Crippen LogP contribution in [0.15, 0.2) is 48.2 Å².